The van der Waals surface area contributed by atoms with Gasteiger partial charge in [0.2, 0.25) is 0 Å². The first-order valence-corrected chi connectivity index (χ1v) is 6.05. The number of likely N-dealkylation sites (N-methyl/N-ethyl adjacent to an activating group) is 1. The zero-order chi connectivity index (χ0) is 13.8. The molecule has 7 heteroatoms. The van der Waals surface area contributed by atoms with Crippen molar-refractivity contribution in [2.75, 3.05) is 27.7 Å². The van der Waals surface area contributed by atoms with Crippen LogP contribution in [0.2, 0.25) is 0 Å². The van der Waals surface area contributed by atoms with Gasteiger partial charge in [0.25, 0.3) is 0 Å². The van der Waals surface area contributed by atoms with E-state index >= 15 is 0 Å². The topological polar surface area (TPSA) is 79.2 Å². The Kier molecular flexibility index (Phi) is 4.18. The first-order valence-electron chi connectivity index (χ1n) is 6.05. The van der Waals surface area contributed by atoms with Gasteiger partial charge in [-0.05, 0) is 14.1 Å². The van der Waals surface area contributed by atoms with Crippen LogP contribution in [0.5, 0.6) is 5.75 Å². The maximum Gasteiger partial charge on any atom is 0.163 e. The SMILES string of the molecule is COc1cnn(CCN(C)C)c1C(O)c1ncc[nH]1. The van der Waals surface area contributed by atoms with Crippen LogP contribution in [0.1, 0.15) is 17.6 Å². The van der Waals surface area contributed by atoms with E-state index in [1.54, 1.807) is 30.4 Å². The summed E-state index contributed by atoms with van der Waals surface area (Å²) in [7, 11) is 5.54. The predicted octanol–water partition coefficient (Wildman–Crippen LogP) is 0.258. The molecule has 1 atom stereocenters. The number of aliphatic hydroxyl groups is 1. The van der Waals surface area contributed by atoms with Gasteiger partial charge in [-0.15, -0.1) is 0 Å². The highest BCUT2D eigenvalue weighted by atomic mass is 16.5. The van der Waals surface area contributed by atoms with Crippen LogP contribution in [-0.4, -0.2) is 57.5 Å². The number of ether oxygens (including phenoxy) is 1. The minimum Gasteiger partial charge on any atom is -0.493 e. The molecule has 2 rings (SSSR count). The summed E-state index contributed by atoms with van der Waals surface area (Å²) in [6.45, 7) is 1.49. The minimum atomic E-state index is -0.880. The Morgan fingerprint density at radius 3 is 2.89 bits per heavy atom. The van der Waals surface area contributed by atoms with E-state index in [1.165, 1.54) is 0 Å². The largest absolute Gasteiger partial charge is 0.493 e. The normalized spacial score (nSPS) is 12.9. The zero-order valence-electron chi connectivity index (χ0n) is 11.4. The Bertz CT molecular complexity index is 506. The van der Waals surface area contributed by atoms with Crippen molar-refractivity contribution in [2.45, 2.75) is 12.6 Å². The Morgan fingerprint density at radius 1 is 1.53 bits per heavy atom. The average Bonchev–Trinajstić information content (AvgIpc) is 3.04. The summed E-state index contributed by atoms with van der Waals surface area (Å²) in [5, 5.41) is 14.6. The molecule has 0 aliphatic heterocycles. The second-order valence-corrected chi connectivity index (χ2v) is 4.50. The van der Waals surface area contributed by atoms with E-state index in [1.807, 2.05) is 14.1 Å². The van der Waals surface area contributed by atoms with Gasteiger partial charge >= 0.3 is 0 Å². The molecule has 2 N–H and O–H groups in total. The first kappa shape index (κ1) is 13.6. The summed E-state index contributed by atoms with van der Waals surface area (Å²) in [4.78, 5) is 9.02. The van der Waals surface area contributed by atoms with Gasteiger partial charge in [-0.2, -0.15) is 5.10 Å². The zero-order valence-corrected chi connectivity index (χ0v) is 11.4. The van der Waals surface area contributed by atoms with E-state index in [-0.39, 0.29) is 0 Å². The van der Waals surface area contributed by atoms with Gasteiger partial charge in [0.15, 0.2) is 11.9 Å². The monoisotopic (exact) mass is 265 g/mol. The molecule has 0 radical (unpaired) electrons. The van der Waals surface area contributed by atoms with Crippen LogP contribution in [0.4, 0.5) is 0 Å². The second-order valence-electron chi connectivity index (χ2n) is 4.50. The number of aliphatic hydroxyl groups excluding tert-OH is 1. The Labute approximate surface area is 111 Å². The molecule has 0 fully saturated rings. The maximum atomic E-state index is 10.4. The molecule has 1 unspecified atom stereocenters. The van der Waals surface area contributed by atoms with Crippen molar-refractivity contribution in [1.29, 1.82) is 0 Å². The Hall–Kier alpha value is -1.86. The van der Waals surface area contributed by atoms with Crippen molar-refractivity contribution >= 4 is 0 Å². The summed E-state index contributed by atoms with van der Waals surface area (Å²) in [6.07, 6.45) is 4.00. The standard InChI is InChI=1S/C12H19N5O2/c1-16(2)6-7-17-10(9(19-3)8-15-17)11(18)12-13-4-5-14-12/h4-5,8,11,18H,6-7H2,1-3H3,(H,13,14). The molecule has 2 aromatic heterocycles. The summed E-state index contributed by atoms with van der Waals surface area (Å²) in [5.41, 5.74) is 0.610. The number of nitrogens with zero attached hydrogens (tertiary/aromatic N) is 4. The lowest BCUT2D eigenvalue weighted by molar-refractivity contribution is 0.191. The minimum absolute atomic E-state index is 0.477. The lowest BCUT2D eigenvalue weighted by Gasteiger charge is -2.15. The van der Waals surface area contributed by atoms with Crippen molar-refractivity contribution < 1.29 is 9.84 Å². The van der Waals surface area contributed by atoms with Crippen molar-refractivity contribution in [3.05, 3.63) is 30.1 Å². The summed E-state index contributed by atoms with van der Waals surface area (Å²) in [5.74, 6) is 1.03. The Morgan fingerprint density at radius 2 is 2.32 bits per heavy atom. The fourth-order valence-electron chi connectivity index (χ4n) is 1.84. The number of methoxy groups -OCH3 is 1. The van der Waals surface area contributed by atoms with Crippen LogP contribution in [0.3, 0.4) is 0 Å². The molecule has 0 aliphatic carbocycles. The highest BCUT2D eigenvalue weighted by molar-refractivity contribution is 5.30. The van der Waals surface area contributed by atoms with Crippen LogP contribution in [0.15, 0.2) is 18.6 Å². The molecule has 19 heavy (non-hydrogen) atoms. The second kappa shape index (κ2) is 5.85. The molecule has 0 bridgehead atoms. The van der Waals surface area contributed by atoms with Gasteiger partial charge in [-0.25, -0.2) is 4.98 Å². The van der Waals surface area contributed by atoms with E-state index in [0.29, 0.717) is 23.8 Å². The molecule has 2 heterocycles. The van der Waals surface area contributed by atoms with Gasteiger partial charge in [-0.1, -0.05) is 0 Å². The maximum absolute atomic E-state index is 10.4. The summed E-state index contributed by atoms with van der Waals surface area (Å²) < 4.78 is 7.00. The molecule has 7 nitrogen and oxygen atoms in total. The van der Waals surface area contributed by atoms with E-state index in [4.69, 9.17) is 4.74 Å². The van der Waals surface area contributed by atoms with Crippen molar-refractivity contribution in [3.8, 4) is 5.75 Å². The fraction of sp³-hybridized carbons (Fsp3) is 0.500. The lowest BCUT2D eigenvalue weighted by Crippen LogP contribution is -2.21. The van der Waals surface area contributed by atoms with Crippen LogP contribution < -0.4 is 4.74 Å². The number of aromatic nitrogens is 4. The molecule has 0 aliphatic rings. The highest BCUT2D eigenvalue weighted by Gasteiger charge is 2.23. The predicted molar refractivity (Wildman–Crippen MR) is 70.0 cm³/mol. The van der Waals surface area contributed by atoms with E-state index in [0.717, 1.165) is 6.54 Å². The van der Waals surface area contributed by atoms with Crippen LogP contribution in [-0.2, 0) is 6.54 Å². The molecule has 2 aromatic rings. The van der Waals surface area contributed by atoms with Gasteiger partial charge in [0, 0.05) is 18.9 Å². The van der Waals surface area contributed by atoms with Gasteiger partial charge in [0.1, 0.15) is 11.5 Å². The molecular weight excluding hydrogens is 246 g/mol. The van der Waals surface area contributed by atoms with Crippen LogP contribution >= 0.6 is 0 Å². The number of rotatable bonds is 6. The average molecular weight is 265 g/mol. The lowest BCUT2D eigenvalue weighted by atomic mass is 10.2. The van der Waals surface area contributed by atoms with Crippen LogP contribution in [0, 0.1) is 0 Å². The Balaban J connectivity index is 2.28. The van der Waals surface area contributed by atoms with Gasteiger partial charge in [0.05, 0.1) is 19.9 Å². The number of imidazole rings is 1. The summed E-state index contributed by atoms with van der Waals surface area (Å²) >= 11 is 0. The third-order valence-corrected chi connectivity index (χ3v) is 2.86. The van der Waals surface area contributed by atoms with Gasteiger partial charge in [-0.3, -0.25) is 4.68 Å². The van der Waals surface area contributed by atoms with Gasteiger partial charge < -0.3 is 19.7 Å². The van der Waals surface area contributed by atoms with E-state index in [9.17, 15) is 5.11 Å². The number of aromatic amines is 1. The quantitative estimate of drug-likeness (QED) is 0.783. The molecular formula is C12H19N5O2. The molecule has 0 saturated carbocycles. The number of hydrogen-bond donors (Lipinski definition) is 2. The van der Waals surface area contributed by atoms with Crippen molar-refractivity contribution in [1.82, 2.24) is 24.6 Å². The number of nitrogens with one attached hydrogen (secondary N) is 1. The molecule has 104 valence electrons. The molecule has 0 amide bonds. The van der Waals surface area contributed by atoms with Crippen LogP contribution in [0.25, 0.3) is 0 Å². The van der Waals surface area contributed by atoms with Crippen molar-refractivity contribution in [3.63, 3.8) is 0 Å². The van der Waals surface area contributed by atoms with E-state index < -0.39 is 6.10 Å². The molecule has 0 saturated heterocycles. The third kappa shape index (κ3) is 2.94. The molecule has 0 aromatic carbocycles. The first-order chi connectivity index (χ1) is 9.13. The highest BCUT2D eigenvalue weighted by Crippen LogP contribution is 2.28. The molecule has 0 spiro atoms. The summed E-state index contributed by atoms with van der Waals surface area (Å²) in [6, 6.07) is 0. The van der Waals surface area contributed by atoms with Crippen molar-refractivity contribution in [2.24, 2.45) is 0 Å². The number of hydrogen-bond acceptors (Lipinski definition) is 5. The van der Waals surface area contributed by atoms with E-state index in [2.05, 4.69) is 20.0 Å². The smallest absolute Gasteiger partial charge is 0.163 e. The third-order valence-electron chi connectivity index (χ3n) is 2.86. The fourth-order valence-corrected chi connectivity index (χ4v) is 1.84. The number of H-pyrrole nitrogens is 1.